The Balaban J connectivity index is 1.76. The van der Waals surface area contributed by atoms with E-state index in [4.69, 9.17) is 0 Å². The number of rotatable bonds is 6. The van der Waals surface area contributed by atoms with Gasteiger partial charge in [0.25, 0.3) is 0 Å². The van der Waals surface area contributed by atoms with Gasteiger partial charge in [-0.3, -0.25) is 4.98 Å². The highest BCUT2D eigenvalue weighted by molar-refractivity contribution is 5.86. The Kier molecular flexibility index (Phi) is 5.64. The van der Waals surface area contributed by atoms with Crippen LogP contribution < -0.4 is 0 Å². The van der Waals surface area contributed by atoms with Gasteiger partial charge >= 0.3 is 0 Å². The fourth-order valence-electron chi connectivity index (χ4n) is 2.85. The lowest BCUT2D eigenvalue weighted by Crippen LogP contribution is -1.97. The van der Waals surface area contributed by atoms with E-state index in [0.29, 0.717) is 16.8 Å². The maximum Gasteiger partial charge on any atom is 0.131 e. The number of phenols is 1. The predicted octanol–water partition coefficient (Wildman–Crippen LogP) is 5.31. The Hall–Kier alpha value is -2.72. The summed E-state index contributed by atoms with van der Waals surface area (Å²) >= 11 is 0. The predicted molar refractivity (Wildman–Crippen MR) is 103 cm³/mol. The molecule has 1 unspecified atom stereocenters. The number of benzene rings is 2. The number of aliphatic hydroxyl groups excluding tert-OH is 1. The summed E-state index contributed by atoms with van der Waals surface area (Å²) in [5.74, 6) is -0.0930. The van der Waals surface area contributed by atoms with Crippen LogP contribution in [0.15, 0.2) is 54.7 Å². The van der Waals surface area contributed by atoms with Gasteiger partial charge in [0, 0.05) is 22.7 Å². The van der Waals surface area contributed by atoms with Crippen molar-refractivity contribution in [3.8, 4) is 17.0 Å². The maximum absolute atomic E-state index is 14.4. The first-order valence-corrected chi connectivity index (χ1v) is 8.76. The van der Waals surface area contributed by atoms with Gasteiger partial charge in [0.2, 0.25) is 0 Å². The second kappa shape index (κ2) is 8.11. The van der Waals surface area contributed by atoms with Crippen LogP contribution in [0.1, 0.15) is 31.7 Å². The van der Waals surface area contributed by atoms with E-state index in [0.717, 1.165) is 30.0 Å². The molecule has 0 saturated heterocycles. The largest absolute Gasteiger partial charge is 0.508 e. The minimum absolute atomic E-state index is 0.197. The van der Waals surface area contributed by atoms with Crippen LogP contribution in [0.25, 0.3) is 28.1 Å². The lowest BCUT2D eigenvalue weighted by Gasteiger charge is -2.06. The molecule has 1 aromatic heterocycles. The van der Waals surface area contributed by atoms with Gasteiger partial charge in [-0.2, -0.15) is 0 Å². The third-order valence-corrected chi connectivity index (χ3v) is 4.29. The highest BCUT2D eigenvalue weighted by atomic mass is 19.1. The molecule has 0 aliphatic heterocycles. The van der Waals surface area contributed by atoms with Crippen LogP contribution in [0.5, 0.6) is 5.75 Å². The summed E-state index contributed by atoms with van der Waals surface area (Å²) < 4.78 is 14.4. The monoisotopic (exact) mass is 351 g/mol. The van der Waals surface area contributed by atoms with Crippen molar-refractivity contribution in [1.29, 1.82) is 0 Å². The number of nitrogens with zero attached hydrogens (tertiary/aromatic N) is 1. The van der Waals surface area contributed by atoms with Gasteiger partial charge in [-0.1, -0.05) is 30.4 Å². The quantitative estimate of drug-likeness (QED) is 0.592. The van der Waals surface area contributed by atoms with E-state index in [1.807, 2.05) is 24.3 Å². The zero-order valence-electron chi connectivity index (χ0n) is 14.7. The van der Waals surface area contributed by atoms with Crippen molar-refractivity contribution in [2.45, 2.75) is 32.3 Å². The van der Waals surface area contributed by atoms with Crippen molar-refractivity contribution in [1.82, 2.24) is 4.98 Å². The molecule has 3 rings (SSSR count). The SMILES string of the molecule is CC(O)CCCC=Cc1ccc(-c2cc3ccc(O)cc3cn2)cc1F. The maximum atomic E-state index is 14.4. The number of unbranched alkanes of at least 4 members (excludes halogenated alkanes) is 1. The molecule has 26 heavy (non-hydrogen) atoms. The van der Waals surface area contributed by atoms with E-state index >= 15 is 0 Å². The van der Waals surface area contributed by atoms with Gasteiger partial charge < -0.3 is 10.2 Å². The summed E-state index contributed by atoms with van der Waals surface area (Å²) in [6.45, 7) is 1.77. The molecule has 134 valence electrons. The summed E-state index contributed by atoms with van der Waals surface area (Å²) in [5, 5.41) is 20.5. The number of aliphatic hydroxyl groups is 1. The van der Waals surface area contributed by atoms with Crippen molar-refractivity contribution in [2.75, 3.05) is 0 Å². The molecule has 0 bridgehead atoms. The van der Waals surface area contributed by atoms with Crippen LogP contribution in [0.2, 0.25) is 0 Å². The molecular weight excluding hydrogens is 329 g/mol. The number of allylic oxidation sites excluding steroid dienone is 1. The van der Waals surface area contributed by atoms with Gasteiger partial charge in [0.15, 0.2) is 0 Å². The zero-order chi connectivity index (χ0) is 18.5. The van der Waals surface area contributed by atoms with Crippen molar-refractivity contribution >= 4 is 16.8 Å². The minimum atomic E-state index is -0.294. The van der Waals surface area contributed by atoms with E-state index in [1.165, 1.54) is 6.07 Å². The molecule has 3 nitrogen and oxygen atoms in total. The lowest BCUT2D eigenvalue weighted by atomic mass is 10.0. The van der Waals surface area contributed by atoms with Crippen LogP contribution >= 0.6 is 0 Å². The van der Waals surface area contributed by atoms with Crippen LogP contribution in [-0.4, -0.2) is 21.3 Å². The van der Waals surface area contributed by atoms with Gasteiger partial charge in [-0.25, -0.2) is 4.39 Å². The number of hydrogen-bond acceptors (Lipinski definition) is 3. The number of halogens is 1. The first-order valence-electron chi connectivity index (χ1n) is 8.76. The molecule has 4 heteroatoms. The molecule has 0 radical (unpaired) electrons. The van der Waals surface area contributed by atoms with Gasteiger partial charge in [-0.15, -0.1) is 0 Å². The number of aromatic hydroxyl groups is 1. The van der Waals surface area contributed by atoms with Gasteiger partial charge in [-0.05, 0) is 55.8 Å². The Bertz CT molecular complexity index is 935. The average Bonchev–Trinajstić information content (AvgIpc) is 2.62. The zero-order valence-corrected chi connectivity index (χ0v) is 14.7. The first kappa shape index (κ1) is 18.1. The van der Waals surface area contributed by atoms with Gasteiger partial charge in [0.1, 0.15) is 11.6 Å². The summed E-state index contributed by atoms with van der Waals surface area (Å²) in [5.41, 5.74) is 1.94. The Labute approximate surface area is 152 Å². The molecule has 0 aliphatic rings. The molecule has 3 aromatic rings. The molecule has 0 aliphatic carbocycles. The molecule has 0 saturated carbocycles. The third kappa shape index (κ3) is 4.46. The Morgan fingerprint density at radius 1 is 1.12 bits per heavy atom. The molecule has 0 fully saturated rings. The minimum Gasteiger partial charge on any atom is -0.508 e. The van der Waals surface area contributed by atoms with Crippen molar-refractivity contribution in [3.05, 3.63) is 66.1 Å². The normalized spacial score (nSPS) is 12.7. The van der Waals surface area contributed by atoms with E-state index < -0.39 is 0 Å². The Morgan fingerprint density at radius 3 is 2.73 bits per heavy atom. The van der Waals surface area contributed by atoms with Crippen LogP contribution in [-0.2, 0) is 0 Å². The number of phenolic OH excluding ortho intramolecular Hbond substituents is 1. The average molecular weight is 351 g/mol. The second-order valence-corrected chi connectivity index (χ2v) is 6.52. The van der Waals surface area contributed by atoms with Crippen LogP contribution in [0, 0.1) is 5.82 Å². The first-order chi connectivity index (χ1) is 12.5. The number of aromatic nitrogens is 1. The van der Waals surface area contributed by atoms with E-state index in [2.05, 4.69) is 4.98 Å². The molecule has 0 spiro atoms. The summed E-state index contributed by atoms with van der Waals surface area (Å²) in [6.07, 6.45) is 7.53. The summed E-state index contributed by atoms with van der Waals surface area (Å²) in [4.78, 5) is 4.37. The lowest BCUT2D eigenvalue weighted by molar-refractivity contribution is 0.182. The van der Waals surface area contributed by atoms with E-state index in [9.17, 15) is 14.6 Å². The van der Waals surface area contributed by atoms with Crippen LogP contribution in [0.3, 0.4) is 0 Å². The Morgan fingerprint density at radius 2 is 1.96 bits per heavy atom. The highest BCUT2D eigenvalue weighted by Gasteiger charge is 2.06. The molecule has 1 atom stereocenters. The molecule has 0 amide bonds. The fraction of sp³-hybridized carbons (Fsp3) is 0.227. The third-order valence-electron chi connectivity index (χ3n) is 4.29. The molecule has 2 N–H and O–H groups in total. The van der Waals surface area contributed by atoms with Crippen molar-refractivity contribution < 1.29 is 14.6 Å². The van der Waals surface area contributed by atoms with E-state index in [1.54, 1.807) is 37.4 Å². The number of pyridine rings is 1. The summed E-state index contributed by atoms with van der Waals surface area (Å²) in [7, 11) is 0. The van der Waals surface area contributed by atoms with Crippen LogP contribution in [0.4, 0.5) is 4.39 Å². The van der Waals surface area contributed by atoms with Gasteiger partial charge in [0.05, 0.1) is 11.8 Å². The van der Waals surface area contributed by atoms with Crippen molar-refractivity contribution in [3.63, 3.8) is 0 Å². The smallest absolute Gasteiger partial charge is 0.131 e. The van der Waals surface area contributed by atoms with Crippen molar-refractivity contribution in [2.24, 2.45) is 0 Å². The fourth-order valence-corrected chi connectivity index (χ4v) is 2.85. The number of hydrogen-bond donors (Lipinski definition) is 2. The molecule has 2 aromatic carbocycles. The molecular formula is C22H22FNO2. The standard InChI is InChI=1S/C22H22FNO2/c1-15(25)5-3-2-4-6-16-7-8-18(12-21(16)23)22-13-17-9-10-20(26)11-19(17)14-24-22/h4,6-15,25-26H,2-3,5H2,1H3. The molecule has 1 heterocycles. The second-order valence-electron chi connectivity index (χ2n) is 6.52. The number of fused-ring (bicyclic) bond motifs is 1. The topological polar surface area (TPSA) is 53.4 Å². The summed E-state index contributed by atoms with van der Waals surface area (Å²) in [6, 6.07) is 12.1. The van der Waals surface area contributed by atoms with E-state index in [-0.39, 0.29) is 17.7 Å². The highest BCUT2D eigenvalue weighted by Crippen LogP contribution is 2.26.